The number of rotatable bonds is 6. The maximum absolute atomic E-state index is 13.6. The van der Waals surface area contributed by atoms with Crippen LogP contribution in [0.1, 0.15) is 16.5 Å². The largest absolute Gasteiger partial charge is 0.374 e. The Morgan fingerprint density at radius 1 is 1.00 bits per heavy atom. The van der Waals surface area contributed by atoms with Crippen LogP contribution in [0.4, 0.5) is 10.1 Å². The minimum atomic E-state index is -0.372. The van der Waals surface area contributed by atoms with E-state index in [1.165, 1.54) is 6.07 Å². The zero-order chi connectivity index (χ0) is 16.8. The van der Waals surface area contributed by atoms with E-state index in [9.17, 15) is 9.18 Å². The van der Waals surface area contributed by atoms with Crippen LogP contribution in [0.5, 0.6) is 0 Å². The second kappa shape index (κ2) is 7.75. The van der Waals surface area contributed by atoms with E-state index >= 15 is 0 Å². The second-order valence-corrected chi connectivity index (χ2v) is 6.24. The van der Waals surface area contributed by atoms with Gasteiger partial charge < -0.3 is 10.6 Å². The molecular formula is C19H17FN2OS. The van der Waals surface area contributed by atoms with Crippen LogP contribution in [-0.4, -0.2) is 12.5 Å². The number of benzene rings is 2. The van der Waals surface area contributed by atoms with Crippen molar-refractivity contribution in [3.8, 4) is 0 Å². The van der Waals surface area contributed by atoms with Gasteiger partial charge in [0.15, 0.2) is 0 Å². The molecule has 3 aromatic rings. The zero-order valence-corrected chi connectivity index (χ0v) is 13.7. The van der Waals surface area contributed by atoms with E-state index in [2.05, 4.69) is 10.6 Å². The first-order valence-electron chi connectivity index (χ1n) is 7.60. The highest BCUT2D eigenvalue weighted by Crippen LogP contribution is 2.25. The molecule has 1 aromatic heterocycles. The van der Waals surface area contributed by atoms with E-state index in [1.54, 1.807) is 29.5 Å². The van der Waals surface area contributed by atoms with Crippen LogP contribution in [-0.2, 0) is 4.79 Å². The maximum Gasteiger partial charge on any atom is 0.240 e. The van der Waals surface area contributed by atoms with Crippen molar-refractivity contribution in [2.45, 2.75) is 6.04 Å². The number of carbonyl (C=O) groups is 1. The normalized spacial score (nSPS) is 11.7. The summed E-state index contributed by atoms with van der Waals surface area (Å²) in [5.74, 6) is -0.566. The average Bonchev–Trinajstić information content (AvgIpc) is 3.14. The molecule has 0 saturated carbocycles. The predicted molar refractivity (Wildman–Crippen MR) is 95.6 cm³/mol. The van der Waals surface area contributed by atoms with Gasteiger partial charge in [-0.25, -0.2) is 4.39 Å². The number of hydrogen-bond donors (Lipinski definition) is 2. The summed E-state index contributed by atoms with van der Waals surface area (Å²) in [7, 11) is 0. The molecule has 0 fully saturated rings. The number of halogens is 1. The van der Waals surface area contributed by atoms with Gasteiger partial charge >= 0.3 is 0 Å². The quantitative estimate of drug-likeness (QED) is 0.706. The lowest BCUT2D eigenvalue weighted by atomic mass is 10.1. The Labute approximate surface area is 144 Å². The second-order valence-electron chi connectivity index (χ2n) is 5.26. The SMILES string of the molecule is O=C(CNc1ccccc1F)N[C@H](c1ccccc1)c1cccs1. The molecule has 1 heterocycles. The molecule has 0 aliphatic heterocycles. The predicted octanol–water partition coefficient (Wildman–Crippen LogP) is 4.20. The van der Waals surface area contributed by atoms with E-state index in [1.807, 2.05) is 47.8 Å². The fraction of sp³-hybridized carbons (Fsp3) is 0.105. The van der Waals surface area contributed by atoms with Crippen molar-refractivity contribution in [3.63, 3.8) is 0 Å². The topological polar surface area (TPSA) is 41.1 Å². The zero-order valence-electron chi connectivity index (χ0n) is 12.9. The summed E-state index contributed by atoms with van der Waals surface area (Å²) >= 11 is 1.59. The number of nitrogens with one attached hydrogen (secondary N) is 2. The van der Waals surface area contributed by atoms with Crippen molar-refractivity contribution in [1.82, 2.24) is 5.32 Å². The third kappa shape index (κ3) is 4.00. The van der Waals surface area contributed by atoms with Crippen molar-refractivity contribution < 1.29 is 9.18 Å². The third-order valence-electron chi connectivity index (χ3n) is 3.58. The van der Waals surface area contributed by atoms with Crippen molar-refractivity contribution in [3.05, 3.63) is 88.4 Å². The first-order valence-corrected chi connectivity index (χ1v) is 8.48. The fourth-order valence-corrected chi connectivity index (χ4v) is 3.21. The van der Waals surface area contributed by atoms with Crippen molar-refractivity contribution >= 4 is 22.9 Å². The number of anilines is 1. The minimum absolute atomic E-state index is 0.00957. The molecule has 5 heteroatoms. The van der Waals surface area contributed by atoms with Crippen LogP contribution >= 0.6 is 11.3 Å². The summed E-state index contributed by atoms with van der Waals surface area (Å²) in [6.07, 6.45) is 0. The lowest BCUT2D eigenvalue weighted by molar-refractivity contribution is -0.119. The van der Waals surface area contributed by atoms with E-state index < -0.39 is 0 Å². The molecule has 24 heavy (non-hydrogen) atoms. The van der Waals surface area contributed by atoms with Crippen LogP contribution < -0.4 is 10.6 Å². The number of thiophene rings is 1. The van der Waals surface area contributed by atoms with Crippen molar-refractivity contribution in [2.24, 2.45) is 0 Å². The Bertz CT molecular complexity index is 790. The molecule has 0 unspecified atom stereocenters. The molecule has 2 aromatic carbocycles. The molecule has 3 nitrogen and oxygen atoms in total. The molecule has 0 bridgehead atoms. The van der Waals surface area contributed by atoms with E-state index in [-0.39, 0.29) is 24.3 Å². The third-order valence-corrected chi connectivity index (χ3v) is 4.52. The monoisotopic (exact) mass is 340 g/mol. The Morgan fingerprint density at radius 2 is 1.75 bits per heavy atom. The average molecular weight is 340 g/mol. The summed E-state index contributed by atoms with van der Waals surface area (Å²) in [6, 6.07) is 19.8. The highest BCUT2D eigenvalue weighted by atomic mass is 32.1. The number of hydrogen-bond acceptors (Lipinski definition) is 3. The molecule has 122 valence electrons. The lowest BCUT2D eigenvalue weighted by Gasteiger charge is -2.18. The first-order chi connectivity index (χ1) is 11.7. The first kappa shape index (κ1) is 16.2. The van der Waals surface area contributed by atoms with Crippen LogP contribution in [0.15, 0.2) is 72.1 Å². The van der Waals surface area contributed by atoms with Gasteiger partial charge in [-0.3, -0.25) is 4.79 Å². The molecule has 0 spiro atoms. The molecule has 0 saturated heterocycles. The van der Waals surface area contributed by atoms with Gasteiger partial charge in [-0.1, -0.05) is 48.5 Å². The molecule has 3 rings (SSSR count). The Hall–Kier alpha value is -2.66. The lowest BCUT2D eigenvalue weighted by Crippen LogP contribution is -2.33. The molecular weight excluding hydrogens is 323 g/mol. The van der Waals surface area contributed by atoms with E-state index in [4.69, 9.17) is 0 Å². The number of para-hydroxylation sites is 1. The van der Waals surface area contributed by atoms with Crippen molar-refractivity contribution in [2.75, 3.05) is 11.9 Å². The fourth-order valence-electron chi connectivity index (χ4n) is 2.41. The summed E-state index contributed by atoms with van der Waals surface area (Å²) < 4.78 is 13.6. The summed E-state index contributed by atoms with van der Waals surface area (Å²) in [5.41, 5.74) is 1.33. The van der Waals surface area contributed by atoms with Crippen molar-refractivity contribution in [1.29, 1.82) is 0 Å². The molecule has 2 N–H and O–H groups in total. The summed E-state index contributed by atoms with van der Waals surface area (Å²) in [4.78, 5) is 13.4. The molecule has 1 atom stereocenters. The van der Waals surface area contributed by atoms with Crippen LogP contribution in [0.2, 0.25) is 0 Å². The van der Waals surface area contributed by atoms with Gasteiger partial charge in [0, 0.05) is 4.88 Å². The van der Waals surface area contributed by atoms with Gasteiger partial charge in [0.1, 0.15) is 5.82 Å². The highest BCUT2D eigenvalue weighted by molar-refractivity contribution is 7.10. The van der Waals surface area contributed by atoms with Gasteiger partial charge in [-0.05, 0) is 29.1 Å². The van der Waals surface area contributed by atoms with Gasteiger partial charge in [0.25, 0.3) is 0 Å². The molecule has 1 amide bonds. The van der Waals surface area contributed by atoms with Gasteiger partial charge in [0.05, 0.1) is 18.3 Å². The number of amides is 1. The van der Waals surface area contributed by atoms with Crippen LogP contribution in [0.3, 0.4) is 0 Å². The number of carbonyl (C=O) groups excluding carboxylic acids is 1. The molecule has 0 aliphatic carbocycles. The molecule has 0 aliphatic rings. The van der Waals surface area contributed by atoms with Gasteiger partial charge in [-0.2, -0.15) is 0 Å². The van der Waals surface area contributed by atoms with Gasteiger partial charge in [-0.15, -0.1) is 11.3 Å². The minimum Gasteiger partial charge on any atom is -0.374 e. The Morgan fingerprint density at radius 3 is 2.46 bits per heavy atom. The Kier molecular flexibility index (Phi) is 5.23. The van der Waals surface area contributed by atoms with Crippen LogP contribution in [0, 0.1) is 5.82 Å². The Balaban J connectivity index is 1.69. The van der Waals surface area contributed by atoms with E-state index in [0.717, 1.165) is 10.4 Å². The summed E-state index contributed by atoms with van der Waals surface area (Å²) in [5, 5.41) is 7.82. The van der Waals surface area contributed by atoms with Crippen LogP contribution in [0.25, 0.3) is 0 Å². The standard InChI is InChI=1S/C19H17FN2OS/c20-15-9-4-5-10-16(15)21-13-18(23)22-19(17-11-6-12-24-17)14-7-2-1-3-8-14/h1-12,19,21H,13H2,(H,22,23)/t19-/m1/s1. The highest BCUT2D eigenvalue weighted by Gasteiger charge is 2.17. The maximum atomic E-state index is 13.6. The molecule has 0 radical (unpaired) electrons. The summed E-state index contributed by atoms with van der Waals surface area (Å²) in [6.45, 7) is 0.00957. The smallest absolute Gasteiger partial charge is 0.240 e. The van der Waals surface area contributed by atoms with E-state index in [0.29, 0.717) is 5.69 Å². The van der Waals surface area contributed by atoms with Gasteiger partial charge in [0.2, 0.25) is 5.91 Å².